The lowest BCUT2D eigenvalue weighted by Gasteiger charge is -2.17. The minimum atomic E-state index is -0.825. The van der Waals surface area contributed by atoms with Crippen molar-refractivity contribution in [1.82, 2.24) is 19.9 Å². The third-order valence-corrected chi connectivity index (χ3v) is 3.12. The van der Waals surface area contributed by atoms with Crippen LogP contribution in [-0.2, 0) is 16.1 Å². The Hall–Kier alpha value is -2.44. The summed E-state index contributed by atoms with van der Waals surface area (Å²) in [5.74, 6) is -0.813. The average Bonchev–Trinajstić information content (AvgIpc) is 2.88. The number of aromatic nitrogens is 3. The van der Waals surface area contributed by atoms with Crippen LogP contribution in [-0.4, -0.2) is 52.0 Å². The molecule has 0 bridgehead atoms. The Labute approximate surface area is 122 Å². The van der Waals surface area contributed by atoms with E-state index in [1.54, 1.807) is 43.9 Å². The number of esters is 1. The molecule has 0 N–H and O–H groups in total. The standard InChI is InChI=1S/C14H18N4O3/c1-5-18-12-7-6-10(8-11(12)15-16-18)14(20)21-9(2)13(19)17(3)4/h6-9H,5H2,1-4H3/t9-/m0/s1. The molecule has 1 atom stereocenters. The first-order chi connectivity index (χ1) is 9.93. The third-order valence-electron chi connectivity index (χ3n) is 3.12. The van der Waals surface area contributed by atoms with Gasteiger partial charge in [-0.1, -0.05) is 5.21 Å². The summed E-state index contributed by atoms with van der Waals surface area (Å²) in [6.45, 7) is 4.21. The van der Waals surface area contributed by atoms with Gasteiger partial charge in [-0.2, -0.15) is 0 Å². The van der Waals surface area contributed by atoms with Crippen molar-refractivity contribution in [2.75, 3.05) is 14.1 Å². The summed E-state index contributed by atoms with van der Waals surface area (Å²) in [5, 5.41) is 7.99. The van der Waals surface area contributed by atoms with Crippen LogP contribution in [0.1, 0.15) is 24.2 Å². The van der Waals surface area contributed by atoms with E-state index in [0.29, 0.717) is 17.6 Å². The maximum atomic E-state index is 12.1. The van der Waals surface area contributed by atoms with Crippen molar-refractivity contribution in [3.63, 3.8) is 0 Å². The Morgan fingerprint density at radius 2 is 2.10 bits per heavy atom. The minimum Gasteiger partial charge on any atom is -0.449 e. The molecule has 0 fully saturated rings. The van der Waals surface area contributed by atoms with Crippen LogP contribution in [0.15, 0.2) is 18.2 Å². The molecule has 21 heavy (non-hydrogen) atoms. The molecule has 1 aromatic carbocycles. The molecule has 0 aliphatic rings. The number of likely N-dealkylation sites (N-methyl/N-ethyl adjacent to an activating group) is 1. The number of rotatable bonds is 4. The summed E-state index contributed by atoms with van der Waals surface area (Å²) in [7, 11) is 3.23. The van der Waals surface area contributed by atoms with E-state index in [-0.39, 0.29) is 5.91 Å². The molecule has 0 aliphatic heterocycles. The third kappa shape index (κ3) is 3.01. The molecule has 1 amide bonds. The van der Waals surface area contributed by atoms with Crippen LogP contribution in [0.3, 0.4) is 0 Å². The van der Waals surface area contributed by atoms with Gasteiger partial charge in [0.1, 0.15) is 5.52 Å². The van der Waals surface area contributed by atoms with Crippen LogP contribution >= 0.6 is 0 Å². The number of aryl methyl sites for hydroxylation is 1. The van der Waals surface area contributed by atoms with Crippen LogP contribution in [0.4, 0.5) is 0 Å². The molecular weight excluding hydrogens is 272 g/mol. The van der Waals surface area contributed by atoms with Crippen molar-refractivity contribution in [2.24, 2.45) is 0 Å². The molecule has 7 heteroatoms. The number of hydrogen-bond donors (Lipinski definition) is 0. The predicted molar refractivity (Wildman–Crippen MR) is 76.8 cm³/mol. The van der Waals surface area contributed by atoms with E-state index in [4.69, 9.17) is 4.74 Å². The van der Waals surface area contributed by atoms with Crippen molar-refractivity contribution in [1.29, 1.82) is 0 Å². The fraction of sp³-hybridized carbons (Fsp3) is 0.429. The van der Waals surface area contributed by atoms with E-state index in [9.17, 15) is 9.59 Å². The number of hydrogen-bond acceptors (Lipinski definition) is 5. The molecule has 1 heterocycles. The normalized spacial score (nSPS) is 12.2. The number of ether oxygens (including phenoxy) is 1. The van der Waals surface area contributed by atoms with Crippen molar-refractivity contribution >= 4 is 22.9 Å². The molecule has 0 unspecified atom stereocenters. The quantitative estimate of drug-likeness (QED) is 0.788. The first kappa shape index (κ1) is 15.0. The molecule has 0 aliphatic carbocycles. The maximum absolute atomic E-state index is 12.1. The molecular formula is C14H18N4O3. The zero-order chi connectivity index (χ0) is 15.6. The molecule has 7 nitrogen and oxygen atoms in total. The van der Waals surface area contributed by atoms with Crippen molar-refractivity contribution in [2.45, 2.75) is 26.5 Å². The second-order valence-electron chi connectivity index (χ2n) is 4.89. The Morgan fingerprint density at radius 3 is 2.71 bits per heavy atom. The monoisotopic (exact) mass is 290 g/mol. The van der Waals surface area contributed by atoms with Gasteiger partial charge in [-0.15, -0.1) is 5.10 Å². The Balaban J connectivity index is 2.18. The van der Waals surface area contributed by atoms with Crippen LogP contribution < -0.4 is 0 Å². The molecule has 0 saturated carbocycles. The summed E-state index contributed by atoms with van der Waals surface area (Å²) < 4.78 is 6.90. The first-order valence-electron chi connectivity index (χ1n) is 6.69. The van der Waals surface area contributed by atoms with E-state index < -0.39 is 12.1 Å². The smallest absolute Gasteiger partial charge is 0.338 e. The summed E-state index contributed by atoms with van der Waals surface area (Å²) in [6.07, 6.45) is -0.825. The SMILES string of the molecule is CCn1nnc2cc(C(=O)O[C@@H](C)C(=O)N(C)C)ccc21. The molecule has 2 aromatic rings. The van der Waals surface area contributed by atoms with Crippen molar-refractivity contribution in [3.8, 4) is 0 Å². The molecule has 1 aromatic heterocycles. The van der Waals surface area contributed by atoms with Gasteiger partial charge in [0.25, 0.3) is 5.91 Å². The Bertz CT molecular complexity index is 678. The number of carbonyl (C=O) groups excluding carboxylic acids is 2. The minimum absolute atomic E-state index is 0.263. The van der Waals surface area contributed by atoms with Gasteiger partial charge in [0.05, 0.1) is 11.1 Å². The number of carbonyl (C=O) groups is 2. The van der Waals surface area contributed by atoms with E-state index >= 15 is 0 Å². The number of amides is 1. The molecule has 112 valence electrons. The van der Waals surface area contributed by atoms with Gasteiger partial charge in [0, 0.05) is 20.6 Å². The lowest BCUT2D eigenvalue weighted by Crippen LogP contribution is -2.34. The van der Waals surface area contributed by atoms with E-state index in [0.717, 1.165) is 5.52 Å². The van der Waals surface area contributed by atoms with Gasteiger partial charge >= 0.3 is 5.97 Å². The fourth-order valence-electron chi connectivity index (χ4n) is 1.98. The molecule has 0 saturated heterocycles. The predicted octanol–water partition coefficient (Wildman–Crippen LogP) is 1.08. The second-order valence-corrected chi connectivity index (χ2v) is 4.89. The van der Waals surface area contributed by atoms with E-state index in [2.05, 4.69) is 10.3 Å². The largest absolute Gasteiger partial charge is 0.449 e. The first-order valence-corrected chi connectivity index (χ1v) is 6.69. The van der Waals surface area contributed by atoms with Crippen molar-refractivity contribution < 1.29 is 14.3 Å². The van der Waals surface area contributed by atoms with Gasteiger partial charge in [0.15, 0.2) is 6.10 Å². The highest BCUT2D eigenvalue weighted by atomic mass is 16.5. The Morgan fingerprint density at radius 1 is 1.38 bits per heavy atom. The number of nitrogens with zero attached hydrogens (tertiary/aromatic N) is 4. The number of fused-ring (bicyclic) bond motifs is 1. The molecule has 2 rings (SSSR count). The maximum Gasteiger partial charge on any atom is 0.338 e. The van der Waals surface area contributed by atoms with Crippen LogP contribution in [0.25, 0.3) is 11.0 Å². The Kier molecular flexibility index (Phi) is 4.21. The van der Waals surface area contributed by atoms with Gasteiger partial charge in [-0.25, -0.2) is 9.48 Å². The number of benzene rings is 1. The molecule has 0 spiro atoms. The van der Waals surface area contributed by atoms with Crippen LogP contribution in [0.2, 0.25) is 0 Å². The highest BCUT2D eigenvalue weighted by Crippen LogP contribution is 2.15. The second kappa shape index (κ2) is 5.90. The van der Waals surface area contributed by atoms with Crippen LogP contribution in [0.5, 0.6) is 0 Å². The van der Waals surface area contributed by atoms with Gasteiger partial charge in [0.2, 0.25) is 0 Å². The summed E-state index contributed by atoms with van der Waals surface area (Å²) in [4.78, 5) is 25.1. The van der Waals surface area contributed by atoms with Crippen LogP contribution in [0, 0.1) is 0 Å². The van der Waals surface area contributed by atoms with Crippen molar-refractivity contribution in [3.05, 3.63) is 23.8 Å². The van der Waals surface area contributed by atoms with Gasteiger partial charge < -0.3 is 9.64 Å². The highest BCUT2D eigenvalue weighted by molar-refractivity contribution is 5.95. The molecule has 0 radical (unpaired) electrons. The topological polar surface area (TPSA) is 77.3 Å². The summed E-state index contributed by atoms with van der Waals surface area (Å²) >= 11 is 0. The summed E-state index contributed by atoms with van der Waals surface area (Å²) in [5.41, 5.74) is 1.83. The van der Waals surface area contributed by atoms with Gasteiger partial charge in [-0.05, 0) is 32.0 Å². The fourth-order valence-corrected chi connectivity index (χ4v) is 1.98. The zero-order valence-corrected chi connectivity index (χ0v) is 12.5. The lowest BCUT2D eigenvalue weighted by atomic mass is 10.2. The zero-order valence-electron chi connectivity index (χ0n) is 12.5. The lowest BCUT2D eigenvalue weighted by molar-refractivity contribution is -0.137. The van der Waals surface area contributed by atoms with E-state index in [1.165, 1.54) is 4.90 Å². The average molecular weight is 290 g/mol. The van der Waals surface area contributed by atoms with Gasteiger partial charge in [-0.3, -0.25) is 4.79 Å². The summed E-state index contributed by atoms with van der Waals surface area (Å²) in [6, 6.07) is 5.03. The highest BCUT2D eigenvalue weighted by Gasteiger charge is 2.20. The van der Waals surface area contributed by atoms with E-state index in [1.807, 2.05) is 6.92 Å².